The summed E-state index contributed by atoms with van der Waals surface area (Å²) in [6, 6.07) is 0. The SMILES string of the molecule is CCNC(=NCCc1sc(C)nc1C)N1CCSC(CC)C1.I. The first kappa shape index (κ1) is 21.0. The molecule has 2 rings (SSSR count). The Bertz CT molecular complexity index is 504. The van der Waals surface area contributed by atoms with E-state index in [1.165, 1.54) is 22.7 Å². The quantitative estimate of drug-likeness (QED) is 0.407. The van der Waals surface area contributed by atoms with Crippen molar-refractivity contribution in [3.63, 3.8) is 0 Å². The highest BCUT2D eigenvalue weighted by molar-refractivity contribution is 14.0. The van der Waals surface area contributed by atoms with Crippen molar-refractivity contribution in [2.45, 2.75) is 45.8 Å². The highest BCUT2D eigenvalue weighted by Gasteiger charge is 2.21. The van der Waals surface area contributed by atoms with Crippen LogP contribution in [0.4, 0.5) is 0 Å². The van der Waals surface area contributed by atoms with E-state index < -0.39 is 0 Å². The van der Waals surface area contributed by atoms with Crippen molar-refractivity contribution < 1.29 is 0 Å². The van der Waals surface area contributed by atoms with E-state index in [-0.39, 0.29) is 24.0 Å². The summed E-state index contributed by atoms with van der Waals surface area (Å²) in [6.45, 7) is 12.6. The molecule has 132 valence electrons. The second kappa shape index (κ2) is 10.8. The Kier molecular flexibility index (Phi) is 9.84. The number of aliphatic imine (C=N–C) groups is 1. The van der Waals surface area contributed by atoms with Crippen LogP contribution in [-0.2, 0) is 6.42 Å². The average Bonchev–Trinajstić information content (AvgIpc) is 2.84. The van der Waals surface area contributed by atoms with Crippen molar-refractivity contribution in [1.82, 2.24) is 15.2 Å². The van der Waals surface area contributed by atoms with Gasteiger partial charge in [0.05, 0.1) is 10.7 Å². The Morgan fingerprint density at radius 2 is 2.17 bits per heavy atom. The van der Waals surface area contributed by atoms with Crippen LogP contribution in [0.2, 0.25) is 0 Å². The van der Waals surface area contributed by atoms with Gasteiger partial charge in [-0.05, 0) is 27.2 Å². The maximum Gasteiger partial charge on any atom is 0.193 e. The molecule has 0 saturated carbocycles. The summed E-state index contributed by atoms with van der Waals surface area (Å²) in [4.78, 5) is 13.2. The van der Waals surface area contributed by atoms with Gasteiger partial charge in [-0.2, -0.15) is 11.8 Å². The molecule has 0 bridgehead atoms. The van der Waals surface area contributed by atoms with Crippen LogP contribution in [0.1, 0.15) is 35.8 Å². The van der Waals surface area contributed by atoms with E-state index in [0.29, 0.717) is 0 Å². The van der Waals surface area contributed by atoms with Gasteiger partial charge in [0, 0.05) is 48.5 Å². The third-order valence-corrected chi connectivity index (χ3v) is 6.33. The van der Waals surface area contributed by atoms with Crippen molar-refractivity contribution in [2.75, 3.05) is 31.9 Å². The molecule has 1 N–H and O–H groups in total. The summed E-state index contributed by atoms with van der Waals surface area (Å²) < 4.78 is 0. The number of aryl methyl sites for hydroxylation is 2. The van der Waals surface area contributed by atoms with Crippen molar-refractivity contribution >= 4 is 53.0 Å². The number of hydrogen-bond donors (Lipinski definition) is 1. The highest BCUT2D eigenvalue weighted by atomic mass is 127. The highest BCUT2D eigenvalue weighted by Crippen LogP contribution is 2.21. The largest absolute Gasteiger partial charge is 0.357 e. The number of aromatic nitrogens is 1. The number of guanidine groups is 1. The number of halogens is 1. The van der Waals surface area contributed by atoms with Gasteiger partial charge in [-0.15, -0.1) is 35.3 Å². The van der Waals surface area contributed by atoms with Gasteiger partial charge >= 0.3 is 0 Å². The Hall–Kier alpha value is -0.0200. The molecule has 0 spiro atoms. The summed E-state index contributed by atoms with van der Waals surface area (Å²) in [6.07, 6.45) is 2.23. The fourth-order valence-electron chi connectivity index (χ4n) is 2.65. The van der Waals surface area contributed by atoms with Crippen LogP contribution in [0, 0.1) is 13.8 Å². The van der Waals surface area contributed by atoms with E-state index in [0.717, 1.165) is 48.8 Å². The number of nitrogens with one attached hydrogen (secondary N) is 1. The topological polar surface area (TPSA) is 40.5 Å². The molecule has 2 heterocycles. The van der Waals surface area contributed by atoms with Gasteiger partial charge in [-0.25, -0.2) is 4.98 Å². The van der Waals surface area contributed by atoms with Crippen LogP contribution in [0.15, 0.2) is 4.99 Å². The molecular formula is C16H29IN4S2. The minimum absolute atomic E-state index is 0. The standard InChI is InChI=1S/C16H28N4S2.HI/c1-5-14-11-20(9-10-21-14)16(17-6-2)18-8-7-15-12(3)19-13(4)22-15;/h14H,5-11H2,1-4H3,(H,17,18);1H. The van der Waals surface area contributed by atoms with Gasteiger partial charge in [-0.1, -0.05) is 6.92 Å². The molecule has 23 heavy (non-hydrogen) atoms. The third kappa shape index (κ3) is 6.42. The first-order valence-electron chi connectivity index (χ1n) is 8.21. The zero-order valence-corrected chi connectivity index (χ0v) is 18.6. The number of hydrogen-bond acceptors (Lipinski definition) is 4. The second-order valence-electron chi connectivity index (χ2n) is 5.57. The van der Waals surface area contributed by atoms with E-state index in [1.54, 1.807) is 11.3 Å². The Morgan fingerprint density at radius 1 is 1.39 bits per heavy atom. The molecule has 0 radical (unpaired) electrons. The monoisotopic (exact) mass is 468 g/mol. The van der Waals surface area contributed by atoms with Gasteiger partial charge in [-0.3, -0.25) is 4.99 Å². The van der Waals surface area contributed by atoms with Crippen molar-refractivity contribution in [3.8, 4) is 0 Å². The van der Waals surface area contributed by atoms with Gasteiger partial charge in [0.2, 0.25) is 0 Å². The number of rotatable bonds is 5. The van der Waals surface area contributed by atoms with E-state index in [4.69, 9.17) is 4.99 Å². The number of thioether (sulfide) groups is 1. The molecule has 1 unspecified atom stereocenters. The van der Waals surface area contributed by atoms with Gasteiger partial charge in [0.1, 0.15) is 0 Å². The smallest absolute Gasteiger partial charge is 0.193 e. The lowest BCUT2D eigenvalue weighted by Crippen LogP contribution is -2.48. The van der Waals surface area contributed by atoms with Crippen molar-refractivity contribution in [1.29, 1.82) is 0 Å². The molecule has 1 atom stereocenters. The van der Waals surface area contributed by atoms with Crippen molar-refractivity contribution in [3.05, 3.63) is 15.6 Å². The first-order chi connectivity index (χ1) is 10.6. The Balaban J connectivity index is 0.00000264. The molecule has 0 aliphatic carbocycles. The van der Waals surface area contributed by atoms with Gasteiger partial charge in [0.15, 0.2) is 5.96 Å². The number of thiazole rings is 1. The molecule has 0 amide bonds. The molecule has 1 fully saturated rings. The lowest BCUT2D eigenvalue weighted by atomic mass is 10.3. The molecule has 7 heteroatoms. The first-order valence-corrected chi connectivity index (χ1v) is 10.1. The fourth-order valence-corrected chi connectivity index (χ4v) is 4.76. The molecule has 1 aromatic rings. The van der Waals surface area contributed by atoms with Gasteiger partial charge in [0.25, 0.3) is 0 Å². The number of nitrogens with zero attached hydrogens (tertiary/aromatic N) is 3. The van der Waals surface area contributed by atoms with Crippen LogP contribution in [0.3, 0.4) is 0 Å². The predicted molar refractivity (Wildman–Crippen MR) is 115 cm³/mol. The molecular weight excluding hydrogens is 439 g/mol. The Labute approximate surface area is 166 Å². The van der Waals surface area contributed by atoms with Crippen molar-refractivity contribution in [2.24, 2.45) is 4.99 Å². The summed E-state index contributed by atoms with van der Waals surface area (Å²) in [5.74, 6) is 2.29. The zero-order valence-electron chi connectivity index (χ0n) is 14.6. The fraction of sp³-hybridized carbons (Fsp3) is 0.750. The molecule has 1 aromatic heterocycles. The molecule has 1 aliphatic rings. The average molecular weight is 468 g/mol. The third-order valence-electron chi connectivity index (χ3n) is 3.83. The van der Waals surface area contributed by atoms with E-state index in [9.17, 15) is 0 Å². The lowest BCUT2D eigenvalue weighted by Gasteiger charge is -2.34. The maximum atomic E-state index is 4.85. The molecule has 1 saturated heterocycles. The zero-order chi connectivity index (χ0) is 15.9. The summed E-state index contributed by atoms with van der Waals surface area (Å²) in [5, 5.41) is 5.35. The van der Waals surface area contributed by atoms with Crippen LogP contribution in [0.25, 0.3) is 0 Å². The van der Waals surface area contributed by atoms with Crippen LogP contribution in [-0.4, -0.2) is 53.0 Å². The second-order valence-corrected chi connectivity index (χ2v) is 8.27. The summed E-state index contributed by atoms with van der Waals surface area (Å²) >= 11 is 3.90. The molecule has 4 nitrogen and oxygen atoms in total. The molecule has 0 aromatic carbocycles. The van der Waals surface area contributed by atoms with Crippen LogP contribution >= 0.6 is 47.1 Å². The minimum atomic E-state index is 0. The molecule has 1 aliphatic heterocycles. The Morgan fingerprint density at radius 3 is 2.78 bits per heavy atom. The summed E-state index contributed by atoms with van der Waals surface area (Å²) in [5.41, 5.74) is 1.17. The predicted octanol–water partition coefficient (Wildman–Crippen LogP) is 3.71. The van der Waals surface area contributed by atoms with E-state index in [1.807, 2.05) is 0 Å². The van der Waals surface area contributed by atoms with E-state index in [2.05, 4.69) is 54.7 Å². The van der Waals surface area contributed by atoms with Crippen LogP contribution in [0.5, 0.6) is 0 Å². The maximum absolute atomic E-state index is 4.85. The summed E-state index contributed by atoms with van der Waals surface area (Å²) in [7, 11) is 0. The van der Waals surface area contributed by atoms with Crippen LogP contribution < -0.4 is 5.32 Å². The lowest BCUT2D eigenvalue weighted by molar-refractivity contribution is 0.408. The van der Waals surface area contributed by atoms with Gasteiger partial charge < -0.3 is 10.2 Å². The van der Waals surface area contributed by atoms with E-state index >= 15 is 0 Å². The minimum Gasteiger partial charge on any atom is -0.357 e. The normalized spacial score (nSPS) is 18.7.